The van der Waals surface area contributed by atoms with Gasteiger partial charge in [-0.2, -0.15) is 15.0 Å². The van der Waals surface area contributed by atoms with Crippen molar-refractivity contribution in [3.63, 3.8) is 0 Å². The number of piperidine rings is 1. The van der Waals surface area contributed by atoms with Gasteiger partial charge in [0.2, 0.25) is 17.2 Å². The van der Waals surface area contributed by atoms with Gasteiger partial charge in [-0.15, -0.1) is 0 Å². The van der Waals surface area contributed by atoms with Crippen LogP contribution in [0.5, 0.6) is 0 Å². The summed E-state index contributed by atoms with van der Waals surface area (Å²) in [6.07, 6.45) is 4.24. The summed E-state index contributed by atoms with van der Waals surface area (Å²) < 4.78 is 0. The summed E-state index contributed by atoms with van der Waals surface area (Å²) >= 11 is 5.90. The van der Waals surface area contributed by atoms with Gasteiger partial charge in [-0.25, -0.2) is 0 Å². The third-order valence-corrected chi connectivity index (χ3v) is 3.02. The number of anilines is 2. The highest BCUT2D eigenvalue weighted by Crippen LogP contribution is 2.18. The van der Waals surface area contributed by atoms with Crippen molar-refractivity contribution in [2.24, 2.45) is 0 Å². The van der Waals surface area contributed by atoms with Crippen LogP contribution in [-0.2, 0) is 0 Å². The van der Waals surface area contributed by atoms with Crippen molar-refractivity contribution in [2.75, 3.05) is 36.5 Å². The van der Waals surface area contributed by atoms with E-state index in [9.17, 15) is 0 Å². The molecule has 0 unspecified atom stereocenters. The van der Waals surface area contributed by atoms with E-state index in [1.807, 2.05) is 0 Å². The molecule has 1 saturated heterocycles. The smallest absolute Gasteiger partial charge is 0.231 e. The Balaban J connectivity index is 2.05. The Labute approximate surface area is 111 Å². The zero-order chi connectivity index (χ0) is 12.8. The molecule has 0 radical (unpaired) electrons. The summed E-state index contributed by atoms with van der Waals surface area (Å²) in [6, 6.07) is 0. The molecule has 6 nitrogen and oxygen atoms in total. The van der Waals surface area contributed by atoms with E-state index in [4.69, 9.17) is 16.7 Å². The van der Waals surface area contributed by atoms with Crippen molar-refractivity contribution >= 4 is 23.5 Å². The normalized spacial score (nSPS) is 15.8. The highest BCUT2D eigenvalue weighted by atomic mass is 35.5. The van der Waals surface area contributed by atoms with Crippen LogP contribution in [0.25, 0.3) is 0 Å². The maximum Gasteiger partial charge on any atom is 0.231 e. The number of hydrogen-bond acceptors (Lipinski definition) is 6. The molecule has 1 aliphatic rings. The molecule has 0 amide bonds. The van der Waals surface area contributed by atoms with Crippen molar-refractivity contribution in [1.29, 1.82) is 0 Å². The molecule has 0 atom stereocenters. The molecule has 0 spiro atoms. The first-order valence-corrected chi connectivity index (χ1v) is 6.68. The molecule has 0 bridgehead atoms. The largest absolute Gasteiger partial charge is 0.396 e. The fraction of sp³-hybridized carbons (Fsp3) is 0.727. The van der Waals surface area contributed by atoms with E-state index in [-0.39, 0.29) is 11.9 Å². The molecule has 18 heavy (non-hydrogen) atoms. The molecule has 2 rings (SSSR count). The second kappa shape index (κ2) is 6.70. The SMILES string of the molecule is OCCCNc1nc(Cl)nc(N2CCCCC2)n1. The predicted molar refractivity (Wildman–Crippen MR) is 71.1 cm³/mol. The molecule has 2 N–H and O–H groups in total. The number of rotatable bonds is 5. The highest BCUT2D eigenvalue weighted by Gasteiger charge is 2.15. The first kappa shape index (κ1) is 13.3. The zero-order valence-electron chi connectivity index (χ0n) is 10.3. The molecule has 0 aromatic carbocycles. The van der Waals surface area contributed by atoms with Crippen LogP contribution in [0.15, 0.2) is 0 Å². The Hall–Kier alpha value is -1.14. The minimum absolute atomic E-state index is 0.144. The lowest BCUT2D eigenvalue weighted by Gasteiger charge is -2.26. The van der Waals surface area contributed by atoms with Crippen LogP contribution >= 0.6 is 11.6 Å². The van der Waals surface area contributed by atoms with Crippen LogP contribution in [0.3, 0.4) is 0 Å². The van der Waals surface area contributed by atoms with Gasteiger partial charge in [0, 0.05) is 26.2 Å². The van der Waals surface area contributed by atoms with Gasteiger partial charge in [0.15, 0.2) is 0 Å². The predicted octanol–water partition coefficient (Wildman–Crippen LogP) is 1.31. The van der Waals surface area contributed by atoms with Crippen LogP contribution < -0.4 is 10.2 Å². The molecule has 100 valence electrons. The third kappa shape index (κ3) is 3.68. The van der Waals surface area contributed by atoms with E-state index in [0.717, 1.165) is 25.9 Å². The summed E-state index contributed by atoms with van der Waals surface area (Å²) in [5.41, 5.74) is 0. The van der Waals surface area contributed by atoms with E-state index in [1.165, 1.54) is 6.42 Å². The number of aromatic nitrogens is 3. The Morgan fingerprint density at radius 1 is 1.17 bits per heavy atom. The Bertz CT molecular complexity index is 384. The van der Waals surface area contributed by atoms with Gasteiger partial charge in [0.25, 0.3) is 0 Å². The molecule has 2 heterocycles. The summed E-state index contributed by atoms with van der Waals surface area (Å²) in [4.78, 5) is 14.7. The maximum atomic E-state index is 8.73. The van der Waals surface area contributed by atoms with Crippen molar-refractivity contribution in [3.05, 3.63) is 5.28 Å². The molecule has 1 aromatic rings. The van der Waals surface area contributed by atoms with E-state index < -0.39 is 0 Å². The molecular formula is C11H18ClN5O. The van der Waals surface area contributed by atoms with Crippen molar-refractivity contribution < 1.29 is 5.11 Å². The number of nitrogens with zero attached hydrogens (tertiary/aromatic N) is 4. The fourth-order valence-corrected chi connectivity index (χ4v) is 2.09. The lowest BCUT2D eigenvalue weighted by molar-refractivity contribution is 0.292. The molecule has 0 aliphatic carbocycles. The highest BCUT2D eigenvalue weighted by molar-refractivity contribution is 6.28. The fourth-order valence-electron chi connectivity index (χ4n) is 1.93. The van der Waals surface area contributed by atoms with Crippen molar-refractivity contribution in [2.45, 2.75) is 25.7 Å². The zero-order valence-corrected chi connectivity index (χ0v) is 11.0. The first-order chi connectivity index (χ1) is 8.79. The van der Waals surface area contributed by atoms with E-state index in [2.05, 4.69) is 25.2 Å². The summed E-state index contributed by atoms with van der Waals surface area (Å²) in [7, 11) is 0. The van der Waals surface area contributed by atoms with Crippen LogP contribution in [0.1, 0.15) is 25.7 Å². The van der Waals surface area contributed by atoms with Gasteiger partial charge in [0.1, 0.15) is 0 Å². The maximum absolute atomic E-state index is 8.73. The van der Waals surface area contributed by atoms with E-state index in [0.29, 0.717) is 24.9 Å². The molecule has 1 fully saturated rings. The van der Waals surface area contributed by atoms with Crippen molar-refractivity contribution in [1.82, 2.24) is 15.0 Å². The van der Waals surface area contributed by atoms with Gasteiger partial charge in [-0.3, -0.25) is 0 Å². The van der Waals surface area contributed by atoms with Crippen LogP contribution in [0.2, 0.25) is 5.28 Å². The van der Waals surface area contributed by atoms with E-state index in [1.54, 1.807) is 0 Å². The molecule has 1 aliphatic heterocycles. The Morgan fingerprint density at radius 2 is 1.94 bits per heavy atom. The molecular weight excluding hydrogens is 254 g/mol. The Morgan fingerprint density at radius 3 is 2.67 bits per heavy atom. The number of aliphatic hydroxyl groups excluding tert-OH is 1. The van der Waals surface area contributed by atoms with E-state index >= 15 is 0 Å². The van der Waals surface area contributed by atoms with Crippen molar-refractivity contribution in [3.8, 4) is 0 Å². The number of hydrogen-bond donors (Lipinski definition) is 2. The quantitative estimate of drug-likeness (QED) is 0.787. The lowest BCUT2D eigenvalue weighted by atomic mass is 10.1. The minimum Gasteiger partial charge on any atom is -0.396 e. The van der Waals surface area contributed by atoms with Crippen LogP contribution in [0, 0.1) is 0 Å². The minimum atomic E-state index is 0.144. The lowest BCUT2D eigenvalue weighted by Crippen LogP contribution is -2.31. The second-order valence-electron chi connectivity index (χ2n) is 4.28. The number of nitrogens with one attached hydrogen (secondary N) is 1. The number of aliphatic hydroxyl groups is 1. The number of halogens is 1. The Kier molecular flexibility index (Phi) is 4.95. The topological polar surface area (TPSA) is 74.2 Å². The van der Waals surface area contributed by atoms with Gasteiger partial charge in [-0.05, 0) is 37.3 Å². The average molecular weight is 272 g/mol. The molecule has 7 heteroatoms. The van der Waals surface area contributed by atoms with Gasteiger partial charge in [-0.1, -0.05) is 0 Å². The summed E-state index contributed by atoms with van der Waals surface area (Å²) in [5.74, 6) is 1.12. The average Bonchev–Trinajstić information content (AvgIpc) is 2.39. The molecule has 1 aromatic heterocycles. The van der Waals surface area contributed by atoms with Crippen LogP contribution in [-0.4, -0.2) is 46.3 Å². The second-order valence-corrected chi connectivity index (χ2v) is 4.62. The molecule has 0 saturated carbocycles. The summed E-state index contributed by atoms with van der Waals surface area (Å²) in [6.45, 7) is 2.70. The van der Waals surface area contributed by atoms with Gasteiger partial charge in [0.05, 0.1) is 0 Å². The first-order valence-electron chi connectivity index (χ1n) is 6.31. The van der Waals surface area contributed by atoms with Gasteiger partial charge < -0.3 is 15.3 Å². The summed E-state index contributed by atoms with van der Waals surface area (Å²) in [5, 5.41) is 12.0. The standard InChI is InChI=1S/C11H18ClN5O/c12-9-14-10(13-5-4-8-18)16-11(15-9)17-6-2-1-3-7-17/h18H,1-8H2,(H,13,14,15,16). The van der Waals surface area contributed by atoms with Gasteiger partial charge >= 0.3 is 0 Å². The van der Waals surface area contributed by atoms with Crippen LogP contribution in [0.4, 0.5) is 11.9 Å². The monoisotopic (exact) mass is 271 g/mol. The third-order valence-electron chi connectivity index (χ3n) is 2.85.